The number of carboxylic acid groups (broad SMARTS) is 1. The molecule has 5 nitrogen and oxygen atoms in total. The van der Waals surface area contributed by atoms with Gasteiger partial charge in [0.1, 0.15) is 0 Å². The Morgan fingerprint density at radius 1 is 1.60 bits per heavy atom. The smallest absolute Gasteiger partial charge is 0.305 e. The summed E-state index contributed by atoms with van der Waals surface area (Å²) < 4.78 is 0. The highest BCUT2D eigenvalue weighted by Gasteiger charge is 2.35. The average molecular weight is 213 g/mol. The Bertz CT molecular complexity index is 300. The van der Waals surface area contributed by atoms with E-state index in [1.54, 1.807) is 13.8 Å². The average Bonchev–Trinajstić information content (AvgIpc) is 2.11. The SMILES string of the molecule is CC1CCC(=O)N(C(C)CC(=O)O)C1=O. The van der Waals surface area contributed by atoms with E-state index in [4.69, 9.17) is 5.11 Å². The van der Waals surface area contributed by atoms with Crippen LogP contribution in [0.1, 0.15) is 33.1 Å². The van der Waals surface area contributed by atoms with Gasteiger partial charge in [0.25, 0.3) is 0 Å². The number of amides is 2. The van der Waals surface area contributed by atoms with Crippen LogP contribution in [0.5, 0.6) is 0 Å². The van der Waals surface area contributed by atoms with Crippen LogP contribution in [-0.4, -0.2) is 33.8 Å². The van der Waals surface area contributed by atoms with Crippen LogP contribution >= 0.6 is 0 Å². The van der Waals surface area contributed by atoms with Crippen LogP contribution in [0, 0.1) is 5.92 Å². The molecular formula is C10H15NO4. The summed E-state index contributed by atoms with van der Waals surface area (Å²) in [5.74, 6) is -1.69. The number of carbonyl (C=O) groups is 3. The molecule has 2 unspecified atom stereocenters. The molecule has 0 radical (unpaired) electrons. The zero-order valence-corrected chi connectivity index (χ0v) is 8.90. The van der Waals surface area contributed by atoms with Crippen molar-refractivity contribution in [1.82, 2.24) is 4.90 Å². The number of likely N-dealkylation sites (tertiary alicyclic amines) is 1. The normalized spacial score (nSPS) is 24.1. The van der Waals surface area contributed by atoms with Crippen LogP contribution in [0.4, 0.5) is 0 Å². The first-order valence-electron chi connectivity index (χ1n) is 5.01. The van der Waals surface area contributed by atoms with Crippen molar-refractivity contribution in [3.63, 3.8) is 0 Å². The molecule has 5 heteroatoms. The second-order valence-corrected chi connectivity index (χ2v) is 3.99. The van der Waals surface area contributed by atoms with E-state index < -0.39 is 12.0 Å². The van der Waals surface area contributed by atoms with Crippen molar-refractivity contribution < 1.29 is 19.5 Å². The van der Waals surface area contributed by atoms with Crippen molar-refractivity contribution in [2.45, 2.75) is 39.2 Å². The molecule has 1 aliphatic heterocycles. The maximum Gasteiger partial charge on any atom is 0.305 e. The fourth-order valence-electron chi connectivity index (χ4n) is 1.75. The minimum absolute atomic E-state index is 0.182. The van der Waals surface area contributed by atoms with Gasteiger partial charge in [-0.25, -0.2) is 0 Å². The minimum atomic E-state index is -0.999. The first-order valence-corrected chi connectivity index (χ1v) is 5.01. The predicted octanol–water partition coefficient (Wildman–Crippen LogP) is 0.635. The van der Waals surface area contributed by atoms with Gasteiger partial charge >= 0.3 is 5.97 Å². The zero-order valence-electron chi connectivity index (χ0n) is 8.90. The number of hydrogen-bond donors (Lipinski definition) is 1. The molecule has 1 aliphatic rings. The van der Waals surface area contributed by atoms with Crippen LogP contribution in [-0.2, 0) is 14.4 Å². The summed E-state index contributed by atoms with van der Waals surface area (Å²) in [5, 5.41) is 8.60. The molecule has 1 saturated heterocycles. The van der Waals surface area contributed by atoms with E-state index in [0.29, 0.717) is 12.8 Å². The summed E-state index contributed by atoms with van der Waals surface area (Å²) in [6.07, 6.45) is 0.703. The minimum Gasteiger partial charge on any atom is -0.481 e. The molecule has 2 atom stereocenters. The van der Waals surface area contributed by atoms with Crippen molar-refractivity contribution in [2.24, 2.45) is 5.92 Å². The Labute approximate surface area is 88.1 Å². The van der Waals surface area contributed by atoms with Crippen LogP contribution < -0.4 is 0 Å². The van der Waals surface area contributed by atoms with Crippen molar-refractivity contribution in [2.75, 3.05) is 0 Å². The van der Waals surface area contributed by atoms with Gasteiger partial charge < -0.3 is 5.11 Å². The highest BCUT2D eigenvalue weighted by Crippen LogP contribution is 2.21. The molecular weight excluding hydrogens is 198 g/mol. The topological polar surface area (TPSA) is 74.7 Å². The summed E-state index contributed by atoms with van der Waals surface area (Å²) in [7, 11) is 0. The molecule has 0 spiro atoms. The summed E-state index contributed by atoms with van der Waals surface area (Å²) in [4.78, 5) is 34.8. The number of imide groups is 1. The van der Waals surface area contributed by atoms with Gasteiger partial charge in [-0.1, -0.05) is 6.92 Å². The number of rotatable bonds is 3. The fraction of sp³-hybridized carbons (Fsp3) is 0.700. The van der Waals surface area contributed by atoms with Crippen molar-refractivity contribution >= 4 is 17.8 Å². The second kappa shape index (κ2) is 4.42. The quantitative estimate of drug-likeness (QED) is 0.698. The molecule has 1 heterocycles. The molecule has 1 N–H and O–H groups in total. The first kappa shape index (κ1) is 11.7. The lowest BCUT2D eigenvalue weighted by molar-refractivity contribution is -0.154. The number of carbonyl (C=O) groups excluding carboxylic acids is 2. The van der Waals surface area contributed by atoms with Crippen molar-refractivity contribution in [1.29, 1.82) is 0 Å². The number of carboxylic acids is 1. The lowest BCUT2D eigenvalue weighted by Gasteiger charge is -2.32. The third-order valence-corrected chi connectivity index (χ3v) is 2.63. The molecule has 0 aromatic rings. The summed E-state index contributed by atoms with van der Waals surface area (Å²) in [6.45, 7) is 3.34. The second-order valence-electron chi connectivity index (χ2n) is 3.99. The van der Waals surface area contributed by atoms with Gasteiger partial charge in [-0.2, -0.15) is 0 Å². The maximum absolute atomic E-state index is 11.7. The molecule has 84 valence electrons. The van der Waals surface area contributed by atoms with Gasteiger partial charge in [-0.3, -0.25) is 19.3 Å². The fourth-order valence-corrected chi connectivity index (χ4v) is 1.75. The summed E-state index contributed by atoms with van der Waals surface area (Å²) in [6, 6.07) is -0.551. The number of nitrogens with zero attached hydrogens (tertiary/aromatic N) is 1. The van der Waals surface area contributed by atoms with E-state index in [2.05, 4.69) is 0 Å². The van der Waals surface area contributed by atoms with Gasteiger partial charge in [0.05, 0.1) is 6.42 Å². The van der Waals surface area contributed by atoms with Crippen LogP contribution in [0.3, 0.4) is 0 Å². The standard InChI is InChI=1S/C10H15NO4/c1-6-3-4-8(12)11(10(6)15)7(2)5-9(13)14/h6-7H,3-5H2,1-2H3,(H,13,14). The highest BCUT2D eigenvalue weighted by atomic mass is 16.4. The van der Waals surface area contributed by atoms with E-state index in [1.165, 1.54) is 0 Å². The van der Waals surface area contributed by atoms with Crippen molar-refractivity contribution in [3.05, 3.63) is 0 Å². The van der Waals surface area contributed by atoms with E-state index in [-0.39, 0.29) is 24.2 Å². The van der Waals surface area contributed by atoms with Crippen LogP contribution in [0.15, 0.2) is 0 Å². The van der Waals surface area contributed by atoms with Gasteiger partial charge in [0.15, 0.2) is 0 Å². The van der Waals surface area contributed by atoms with E-state index >= 15 is 0 Å². The van der Waals surface area contributed by atoms with E-state index in [1.807, 2.05) is 0 Å². The van der Waals surface area contributed by atoms with Gasteiger partial charge in [-0.15, -0.1) is 0 Å². The van der Waals surface area contributed by atoms with Crippen molar-refractivity contribution in [3.8, 4) is 0 Å². The number of hydrogen-bond acceptors (Lipinski definition) is 3. The zero-order chi connectivity index (χ0) is 11.6. The molecule has 0 aliphatic carbocycles. The van der Waals surface area contributed by atoms with E-state index in [0.717, 1.165) is 4.90 Å². The van der Waals surface area contributed by atoms with Crippen LogP contribution in [0.2, 0.25) is 0 Å². The Morgan fingerprint density at radius 2 is 2.20 bits per heavy atom. The molecule has 2 amide bonds. The summed E-state index contributed by atoms with van der Waals surface area (Å²) in [5.41, 5.74) is 0. The molecule has 15 heavy (non-hydrogen) atoms. The maximum atomic E-state index is 11.7. The largest absolute Gasteiger partial charge is 0.481 e. The molecule has 1 rings (SSSR count). The Balaban J connectivity index is 2.76. The lowest BCUT2D eigenvalue weighted by atomic mass is 9.96. The van der Waals surface area contributed by atoms with Gasteiger partial charge in [0, 0.05) is 18.4 Å². The molecule has 0 aromatic carbocycles. The van der Waals surface area contributed by atoms with Gasteiger partial charge in [-0.05, 0) is 13.3 Å². The number of piperidine rings is 1. The predicted molar refractivity (Wildman–Crippen MR) is 52.0 cm³/mol. The third-order valence-electron chi connectivity index (χ3n) is 2.63. The monoisotopic (exact) mass is 213 g/mol. The Hall–Kier alpha value is -1.39. The van der Waals surface area contributed by atoms with Gasteiger partial charge in [0.2, 0.25) is 11.8 Å². The van der Waals surface area contributed by atoms with Crippen LogP contribution in [0.25, 0.3) is 0 Å². The van der Waals surface area contributed by atoms with E-state index in [9.17, 15) is 14.4 Å². The number of aliphatic carboxylic acids is 1. The highest BCUT2D eigenvalue weighted by molar-refractivity contribution is 5.99. The molecule has 0 bridgehead atoms. The molecule has 1 fully saturated rings. The third kappa shape index (κ3) is 2.55. The molecule has 0 saturated carbocycles. The Morgan fingerprint density at radius 3 is 2.73 bits per heavy atom. The summed E-state index contributed by atoms with van der Waals surface area (Å²) >= 11 is 0. The molecule has 0 aromatic heterocycles. The lowest BCUT2D eigenvalue weighted by Crippen LogP contribution is -2.49. The Kier molecular flexibility index (Phi) is 3.44. The first-order chi connectivity index (χ1) is 6.93.